The highest BCUT2D eigenvalue weighted by atomic mass is 14.9. The van der Waals surface area contributed by atoms with Gasteiger partial charge in [0.25, 0.3) is 0 Å². The highest BCUT2D eigenvalue weighted by Gasteiger charge is 2.37. The lowest BCUT2D eigenvalue weighted by Crippen LogP contribution is -2.14. The summed E-state index contributed by atoms with van der Waals surface area (Å²) < 4.78 is 0. The topological polar surface area (TPSA) is 25.8 Å². The molecule has 0 unspecified atom stereocenters. The van der Waals surface area contributed by atoms with Crippen LogP contribution < -0.4 is 0 Å². The first-order chi connectivity index (χ1) is 27.0. The maximum Gasteiger partial charge on any atom is 0.160 e. The smallest absolute Gasteiger partial charge is 0.160 e. The second-order valence-electron chi connectivity index (χ2n) is 15.0. The molecule has 1 aliphatic carbocycles. The highest BCUT2D eigenvalue weighted by Crippen LogP contribution is 2.53. The van der Waals surface area contributed by atoms with Crippen molar-refractivity contribution in [1.29, 1.82) is 0 Å². The van der Waals surface area contributed by atoms with Gasteiger partial charge in [0.15, 0.2) is 5.82 Å². The van der Waals surface area contributed by atoms with E-state index in [2.05, 4.69) is 190 Å². The molecule has 0 radical (unpaired) electrons. The lowest BCUT2D eigenvalue weighted by atomic mass is 9.81. The minimum atomic E-state index is -0.110. The van der Waals surface area contributed by atoms with Crippen molar-refractivity contribution in [2.75, 3.05) is 0 Å². The zero-order valence-electron chi connectivity index (χ0n) is 30.9. The maximum atomic E-state index is 5.25. The summed E-state index contributed by atoms with van der Waals surface area (Å²) in [4.78, 5) is 10.5. The number of rotatable bonds is 6. The predicted octanol–water partition coefficient (Wildman–Crippen LogP) is 13.9. The third-order valence-electron chi connectivity index (χ3n) is 11.2. The van der Waals surface area contributed by atoms with Gasteiger partial charge in [0.1, 0.15) is 0 Å². The molecule has 2 nitrogen and oxygen atoms in total. The van der Waals surface area contributed by atoms with Gasteiger partial charge in [-0.3, -0.25) is 0 Å². The first-order valence-electron chi connectivity index (χ1n) is 19.0. The van der Waals surface area contributed by atoms with Crippen LogP contribution in [0.5, 0.6) is 0 Å². The Labute approximate surface area is 322 Å². The van der Waals surface area contributed by atoms with E-state index in [0.29, 0.717) is 5.82 Å². The molecule has 0 atom stereocenters. The number of aromatic nitrogens is 2. The van der Waals surface area contributed by atoms with Crippen LogP contribution in [-0.2, 0) is 5.41 Å². The lowest BCUT2D eigenvalue weighted by molar-refractivity contribution is 0.661. The van der Waals surface area contributed by atoms with Crippen LogP contribution in [0.3, 0.4) is 0 Å². The van der Waals surface area contributed by atoms with Crippen LogP contribution >= 0.6 is 0 Å². The second-order valence-corrected chi connectivity index (χ2v) is 15.0. The van der Waals surface area contributed by atoms with E-state index in [1.807, 2.05) is 18.2 Å². The van der Waals surface area contributed by atoms with Crippen molar-refractivity contribution in [1.82, 2.24) is 9.97 Å². The van der Waals surface area contributed by atoms with Crippen LogP contribution in [0.25, 0.3) is 89.2 Å². The van der Waals surface area contributed by atoms with Crippen molar-refractivity contribution >= 4 is 10.8 Å². The van der Waals surface area contributed by atoms with E-state index < -0.39 is 0 Å². The van der Waals surface area contributed by atoms with Crippen molar-refractivity contribution < 1.29 is 0 Å². The quantitative estimate of drug-likeness (QED) is 0.172. The largest absolute Gasteiger partial charge is 0.228 e. The molecule has 0 bridgehead atoms. The van der Waals surface area contributed by atoms with Gasteiger partial charge in [-0.25, -0.2) is 9.97 Å². The monoisotopic (exact) mass is 702 g/mol. The molecule has 0 fully saturated rings. The summed E-state index contributed by atoms with van der Waals surface area (Å²) in [7, 11) is 0. The zero-order valence-corrected chi connectivity index (χ0v) is 30.9. The molecular weight excluding hydrogens is 665 g/mol. The Bertz CT molecular complexity index is 2820. The van der Waals surface area contributed by atoms with Gasteiger partial charge in [0.2, 0.25) is 0 Å². The highest BCUT2D eigenvalue weighted by molar-refractivity contribution is 5.99. The first-order valence-corrected chi connectivity index (χ1v) is 19.0. The Balaban J connectivity index is 1.15. The van der Waals surface area contributed by atoms with Crippen molar-refractivity contribution in [2.45, 2.75) is 19.3 Å². The molecule has 1 aliphatic rings. The van der Waals surface area contributed by atoms with Gasteiger partial charge < -0.3 is 0 Å². The molecule has 260 valence electrons. The van der Waals surface area contributed by atoms with Gasteiger partial charge in [-0.05, 0) is 109 Å². The summed E-state index contributed by atoms with van der Waals surface area (Å²) in [6, 6.07) is 69.6. The molecular formula is C53H38N2. The van der Waals surface area contributed by atoms with Gasteiger partial charge in [0.05, 0.1) is 11.4 Å². The number of hydrogen-bond acceptors (Lipinski definition) is 2. The molecule has 1 aromatic heterocycles. The standard InChI is InChI=1S/C53H38N2/c1-53(2)47-27-15-26-45(51(47)46-32-38-22-12-13-23-39(38)33-48(46)53)40-24-14-25-41(28-40)49-34-50(55-52(54-49)37-20-10-5-11-21-37)44-30-42(35-16-6-3-7-17-35)29-43(31-44)36-18-8-4-9-19-36/h3-34H,1-2H3. The van der Waals surface area contributed by atoms with E-state index in [0.717, 1.165) is 39.2 Å². The van der Waals surface area contributed by atoms with Gasteiger partial charge in [-0.1, -0.05) is 166 Å². The molecule has 55 heavy (non-hydrogen) atoms. The number of fused-ring (bicyclic) bond motifs is 4. The van der Waals surface area contributed by atoms with Gasteiger partial charge in [-0.2, -0.15) is 0 Å². The molecule has 0 N–H and O–H groups in total. The van der Waals surface area contributed by atoms with E-state index in [-0.39, 0.29) is 5.41 Å². The van der Waals surface area contributed by atoms with Gasteiger partial charge in [-0.15, -0.1) is 0 Å². The minimum absolute atomic E-state index is 0.110. The van der Waals surface area contributed by atoms with Crippen LogP contribution in [0, 0.1) is 0 Å². The summed E-state index contributed by atoms with van der Waals surface area (Å²) in [5.74, 6) is 0.702. The van der Waals surface area contributed by atoms with E-state index in [9.17, 15) is 0 Å². The molecule has 2 heteroatoms. The van der Waals surface area contributed by atoms with Crippen LogP contribution in [0.1, 0.15) is 25.0 Å². The van der Waals surface area contributed by atoms with E-state index in [4.69, 9.17) is 9.97 Å². The molecule has 0 saturated heterocycles. The third kappa shape index (κ3) is 5.84. The average Bonchev–Trinajstić information content (AvgIpc) is 3.48. The second kappa shape index (κ2) is 13.2. The minimum Gasteiger partial charge on any atom is -0.228 e. The first kappa shape index (κ1) is 32.7. The van der Waals surface area contributed by atoms with E-state index in [1.165, 1.54) is 55.3 Å². The fourth-order valence-corrected chi connectivity index (χ4v) is 8.39. The molecule has 0 amide bonds. The molecule has 9 aromatic rings. The van der Waals surface area contributed by atoms with E-state index in [1.54, 1.807) is 0 Å². The molecule has 0 spiro atoms. The van der Waals surface area contributed by atoms with Gasteiger partial charge in [0, 0.05) is 22.1 Å². The third-order valence-corrected chi connectivity index (χ3v) is 11.2. The van der Waals surface area contributed by atoms with E-state index >= 15 is 0 Å². The van der Waals surface area contributed by atoms with Crippen molar-refractivity contribution in [3.8, 4) is 78.4 Å². The lowest BCUT2D eigenvalue weighted by Gasteiger charge is -2.22. The molecule has 0 saturated carbocycles. The fourth-order valence-electron chi connectivity index (χ4n) is 8.39. The Morgan fingerprint density at radius 3 is 1.47 bits per heavy atom. The van der Waals surface area contributed by atoms with Crippen LogP contribution in [0.2, 0.25) is 0 Å². The van der Waals surface area contributed by atoms with Crippen LogP contribution in [0.4, 0.5) is 0 Å². The SMILES string of the molecule is CC1(C)c2cc3ccccc3cc2-c2c(-c3cccc(-c4cc(-c5cc(-c6ccccc6)cc(-c6ccccc6)c5)nc(-c5ccccc5)n4)c3)cccc21. The molecule has 1 heterocycles. The maximum absolute atomic E-state index is 5.25. The molecule has 0 aliphatic heterocycles. The summed E-state index contributed by atoms with van der Waals surface area (Å²) in [6.45, 7) is 4.71. The molecule has 10 rings (SSSR count). The Kier molecular flexibility index (Phi) is 7.85. The number of hydrogen-bond donors (Lipinski definition) is 0. The number of nitrogens with zero attached hydrogens (tertiary/aromatic N) is 2. The molecule has 8 aromatic carbocycles. The normalized spacial score (nSPS) is 12.7. The van der Waals surface area contributed by atoms with Crippen molar-refractivity contribution in [3.05, 3.63) is 205 Å². The Morgan fingerprint density at radius 2 is 0.818 bits per heavy atom. The summed E-state index contributed by atoms with van der Waals surface area (Å²) >= 11 is 0. The summed E-state index contributed by atoms with van der Waals surface area (Å²) in [5.41, 5.74) is 17.2. The fraction of sp³-hybridized carbons (Fsp3) is 0.0566. The predicted molar refractivity (Wildman–Crippen MR) is 230 cm³/mol. The summed E-state index contributed by atoms with van der Waals surface area (Å²) in [5, 5.41) is 2.55. The zero-order chi connectivity index (χ0) is 36.9. The Hall–Kier alpha value is -6.90. The van der Waals surface area contributed by atoms with Crippen molar-refractivity contribution in [2.24, 2.45) is 0 Å². The summed E-state index contributed by atoms with van der Waals surface area (Å²) in [6.07, 6.45) is 0. The van der Waals surface area contributed by atoms with Crippen LogP contribution in [-0.4, -0.2) is 9.97 Å². The van der Waals surface area contributed by atoms with Crippen LogP contribution in [0.15, 0.2) is 194 Å². The number of benzene rings is 8. The Morgan fingerprint density at radius 1 is 0.327 bits per heavy atom. The average molecular weight is 703 g/mol. The van der Waals surface area contributed by atoms with Gasteiger partial charge >= 0.3 is 0 Å². The van der Waals surface area contributed by atoms with Crippen molar-refractivity contribution in [3.63, 3.8) is 0 Å².